The molecule has 2 aromatic rings. The molecular weight excluding hydrogens is 409 g/mol. The number of halogens is 3. The monoisotopic (exact) mass is 430 g/mol. The minimum absolute atomic E-state index is 0.168. The van der Waals surface area contributed by atoms with Gasteiger partial charge in [0.2, 0.25) is 0 Å². The maximum absolute atomic E-state index is 13.4. The number of carbonyl (C=O) groups excluding carboxylic acids is 2. The van der Waals surface area contributed by atoms with Crippen LogP contribution in [-0.2, 0) is 11.8 Å². The number of aryl methyl sites for hydroxylation is 1. The highest BCUT2D eigenvalue weighted by molar-refractivity contribution is 6.10. The zero-order valence-corrected chi connectivity index (χ0v) is 16.1. The van der Waals surface area contributed by atoms with E-state index in [0.717, 1.165) is 4.90 Å². The molecule has 2 amide bonds. The molecule has 0 aliphatic carbocycles. The van der Waals surface area contributed by atoms with Crippen molar-refractivity contribution < 1.29 is 32.6 Å². The number of amides is 2. The van der Waals surface area contributed by atoms with Crippen molar-refractivity contribution in [3.8, 4) is 5.75 Å². The van der Waals surface area contributed by atoms with Crippen LogP contribution in [-0.4, -0.2) is 69.9 Å². The fraction of sp³-hybridized carbons (Fsp3) is 0.500. The number of rotatable bonds is 5. The highest BCUT2D eigenvalue weighted by Crippen LogP contribution is 2.33. The number of fused-ring (bicyclic) bond motifs is 1. The van der Waals surface area contributed by atoms with Crippen molar-refractivity contribution in [1.82, 2.24) is 19.8 Å². The summed E-state index contributed by atoms with van der Waals surface area (Å²) in [6.07, 6.45) is -2.59. The van der Waals surface area contributed by atoms with Crippen LogP contribution in [0, 0.1) is 0 Å². The van der Waals surface area contributed by atoms with E-state index in [1.54, 1.807) is 0 Å². The van der Waals surface area contributed by atoms with Gasteiger partial charge in [0.1, 0.15) is 12.0 Å². The smallest absolute Gasteiger partial charge is 0.422 e. The summed E-state index contributed by atoms with van der Waals surface area (Å²) in [5, 5.41) is 12.2. The van der Waals surface area contributed by atoms with Gasteiger partial charge < -0.3 is 24.7 Å². The number of piperidine rings is 1. The Balaban J connectivity index is 2.15. The molecule has 0 unspecified atom stereocenters. The molecule has 0 spiro atoms. The largest absolute Gasteiger partial charge is 0.481 e. The second-order valence-electron chi connectivity index (χ2n) is 6.92. The van der Waals surface area contributed by atoms with E-state index in [1.807, 2.05) is 0 Å². The van der Waals surface area contributed by atoms with E-state index in [2.05, 4.69) is 10.3 Å². The van der Waals surface area contributed by atoms with Crippen molar-refractivity contribution in [2.75, 3.05) is 26.3 Å². The lowest BCUT2D eigenvalue weighted by Crippen LogP contribution is -2.50. The summed E-state index contributed by atoms with van der Waals surface area (Å²) in [5.74, 6) is -2.37. The van der Waals surface area contributed by atoms with Gasteiger partial charge in [-0.15, -0.1) is 0 Å². The Bertz CT molecular complexity index is 1010. The number of nitrogens with zero attached hydrogens (tertiary/aromatic N) is 2. The minimum Gasteiger partial charge on any atom is -0.481 e. The Morgan fingerprint density at radius 2 is 2.00 bits per heavy atom. The average molecular weight is 430 g/mol. The van der Waals surface area contributed by atoms with E-state index in [1.165, 1.54) is 23.9 Å². The SMILES string of the molecule is Cn1c(C(=O)N(C(=O)CO)C2CCNCC2)c(OCC(F)(F)F)c2c(=O)[nH]ccc21. The van der Waals surface area contributed by atoms with E-state index < -0.39 is 48.6 Å². The second kappa shape index (κ2) is 8.48. The van der Waals surface area contributed by atoms with Gasteiger partial charge in [0.25, 0.3) is 17.4 Å². The number of carbonyl (C=O) groups is 2. The highest BCUT2D eigenvalue weighted by atomic mass is 19.4. The number of pyridine rings is 1. The van der Waals surface area contributed by atoms with Crippen LogP contribution in [0.1, 0.15) is 23.3 Å². The molecule has 1 aliphatic rings. The molecule has 1 saturated heterocycles. The van der Waals surface area contributed by atoms with Gasteiger partial charge in [-0.3, -0.25) is 19.3 Å². The molecule has 12 heteroatoms. The number of ether oxygens (including phenoxy) is 1. The topological polar surface area (TPSA) is 117 Å². The molecule has 0 saturated carbocycles. The Morgan fingerprint density at radius 1 is 1.33 bits per heavy atom. The van der Waals surface area contributed by atoms with Crippen LogP contribution in [0.25, 0.3) is 10.9 Å². The maximum atomic E-state index is 13.4. The Labute approximate surface area is 168 Å². The van der Waals surface area contributed by atoms with Crippen molar-refractivity contribution in [3.63, 3.8) is 0 Å². The summed E-state index contributed by atoms with van der Waals surface area (Å²) in [5.41, 5.74) is -0.937. The molecule has 1 fully saturated rings. The first-order valence-electron chi connectivity index (χ1n) is 9.23. The number of aliphatic hydroxyl groups excluding tert-OH is 1. The third-order valence-electron chi connectivity index (χ3n) is 4.96. The van der Waals surface area contributed by atoms with Crippen molar-refractivity contribution in [3.05, 3.63) is 28.3 Å². The predicted molar refractivity (Wildman–Crippen MR) is 99.2 cm³/mol. The van der Waals surface area contributed by atoms with E-state index in [9.17, 15) is 32.7 Å². The van der Waals surface area contributed by atoms with Gasteiger partial charge >= 0.3 is 6.18 Å². The number of imide groups is 1. The van der Waals surface area contributed by atoms with Gasteiger partial charge in [0.05, 0.1) is 5.52 Å². The standard InChI is InChI=1S/C18H21F3N4O5/c1-24-11-4-7-23-16(28)13(11)15(30-9-18(19,20)21)14(24)17(29)25(12(27)8-26)10-2-5-22-6-3-10/h4,7,10,22,26H,2-3,5-6,8-9H2,1H3,(H,23,28). The fourth-order valence-electron chi connectivity index (χ4n) is 3.63. The molecule has 30 heavy (non-hydrogen) atoms. The molecule has 0 bridgehead atoms. The summed E-state index contributed by atoms with van der Waals surface area (Å²) in [4.78, 5) is 41.3. The molecule has 2 aromatic heterocycles. The number of H-pyrrole nitrogens is 1. The summed E-state index contributed by atoms with van der Waals surface area (Å²) in [6, 6.07) is 0.863. The van der Waals surface area contributed by atoms with Gasteiger partial charge in [-0.2, -0.15) is 13.2 Å². The number of alkyl halides is 3. The molecular formula is C18H21F3N4O5. The Morgan fingerprint density at radius 3 is 2.60 bits per heavy atom. The molecule has 9 nitrogen and oxygen atoms in total. The van der Waals surface area contributed by atoms with Crippen molar-refractivity contribution in [2.45, 2.75) is 25.1 Å². The Kier molecular flexibility index (Phi) is 6.17. The fourth-order valence-corrected chi connectivity index (χ4v) is 3.63. The number of aliphatic hydroxyl groups is 1. The van der Waals surface area contributed by atoms with Crippen molar-refractivity contribution in [2.24, 2.45) is 7.05 Å². The lowest BCUT2D eigenvalue weighted by molar-refractivity contribution is -0.153. The summed E-state index contributed by atoms with van der Waals surface area (Å²) >= 11 is 0. The first-order valence-corrected chi connectivity index (χ1v) is 9.23. The molecule has 0 atom stereocenters. The molecule has 3 rings (SSSR count). The minimum atomic E-state index is -4.71. The second-order valence-corrected chi connectivity index (χ2v) is 6.92. The van der Waals surface area contributed by atoms with E-state index in [0.29, 0.717) is 25.9 Å². The van der Waals surface area contributed by atoms with Crippen LogP contribution in [0.2, 0.25) is 0 Å². The molecule has 0 aromatic carbocycles. The van der Waals surface area contributed by atoms with Gasteiger partial charge in [0.15, 0.2) is 18.1 Å². The van der Waals surface area contributed by atoms with Crippen molar-refractivity contribution in [1.29, 1.82) is 0 Å². The zero-order chi connectivity index (χ0) is 22.1. The summed E-state index contributed by atoms with van der Waals surface area (Å²) < 4.78 is 44.5. The van der Waals surface area contributed by atoms with Crippen molar-refractivity contribution >= 4 is 22.7 Å². The first-order chi connectivity index (χ1) is 14.2. The third kappa shape index (κ3) is 4.19. The lowest BCUT2D eigenvalue weighted by atomic mass is 10.0. The van der Waals surface area contributed by atoms with E-state index in [4.69, 9.17) is 4.74 Å². The van der Waals surface area contributed by atoms with Gasteiger partial charge in [-0.1, -0.05) is 0 Å². The lowest BCUT2D eigenvalue weighted by Gasteiger charge is -2.33. The maximum Gasteiger partial charge on any atom is 0.422 e. The van der Waals surface area contributed by atoms with Crippen LogP contribution in [0.15, 0.2) is 17.1 Å². The van der Waals surface area contributed by atoms with Gasteiger partial charge in [-0.05, 0) is 32.0 Å². The normalized spacial score (nSPS) is 15.4. The van der Waals surface area contributed by atoms with Gasteiger partial charge in [0, 0.05) is 19.3 Å². The molecule has 1 aliphatic heterocycles. The zero-order valence-electron chi connectivity index (χ0n) is 16.1. The molecule has 3 heterocycles. The summed E-state index contributed by atoms with van der Waals surface area (Å²) in [7, 11) is 1.39. The molecule has 164 valence electrons. The Hall–Kier alpha value is -2.86. The molecule has 3 N–H and O–H groups in total. The number of nitrogens with one attached hydrogen (secondary N) is 2. The van der Waals surface area contributed by atoms with E-state index >= 15 is 0 Å². The third-order valence-corrected chi connectivity index (χ3v) is 4.96. The van der Waals surface area contributed by atoms with Gasteiger partial charge in [-0.25, -0.2) is 0 Å². The van der Waals surface area contributed by atoms with Crippen LogP contribution in [0.4, 0.5) is 13.2 Å². The highest BCUT2D eigenvalue weighted by Gasteiger charge is 2.37. The number of aromatic nitrogens is 2. The van der Waals surface area contributed by atoms with E-state index in [-0.39, 0.29) is 16.6 Å². The van der Waals surface area contributed by atoms with Crippen LogP contribution in [0.5, 0.6) is 5.75 Å². The predicted octanol–water partition coefficient (Wildman–Crippen LogP) is 0.521. The molecule has 0 radical (unpaired) electrons. The number of hydrogen-bond acceptors (Lipinski definition) is 6. The first kappa shape index (κ1) is 21.8. The van der Waals surface area contributed by atoms with Crippen LogP contribution in [0.3, 0.4) is 0 Å². The summed E-state index contributed by atoms with van der Waals surface area (Å²) in [6.45, 7) is -1.61. The average Bonchev–Trinajstić information content (AvgIpc) is 2.99. The number of hydrogen-bond donors (Lipinski definition) is 3. The number of aromatic amines is 1. The van der Waals surface area contributed by atoms with Crippen LogP contribution >= 0.6 is 0 Å². The quantitative estimate of drug-likeness (QED) is 0.637. The van der Waals surface area contributed by atoms with Crippen LogP contribution < -0.4 is 15.6 Å².